The monoisotopic (exact) mass is 398 g/mol. The molecule has 1 aromatic carbocycles. The summed E-state index contributed by atoms with van der Waals surface area (Å²) in [4.78, 5) is 12.7. The summed E-state index contributed by atoms with van der Waals surface area (Å²) in [5, 5.41) is 3.03. The van der Waals surface area contributed by atoms with E-state index in [-0.39, 0.29) is 24.4 Å². The maximum absolute atomic E-state index is 12.7. The Morgan fingerprint density at radius 3 is 2.59 bits per heavy atom. The Morgan fingerprint density at radius 1 is 1.26 bits per heavy atom. The van der Waals surface area contributed by atoms with Crippen LogP contribution < -0.4 is 20.5 Å². The number of benzene rings is 1. The number of rotatable bonds is 7. The van der Waals surface area contributed by atoms with E-state index in [1.807, 2.05) is 18.2 Å². The van der Waals surface area contributed by atoms with Crippen LogP contribution in [-0.4, -0.2) is 38.9 Å². The molecule has 1 aromatic rings. The van der Waals surface area contributed by atoms with Crippen molar-refractivity contribution in [2.24, 2.45) is 11.1 Å². The van der Waals surface area contributed by atoms with Gasteiger partial charge in [-0.05, 0) is 56.2 Å². The number of hydrogen-bond donors (Lipinski definition) is 2. The third kappa shape index (κ3) is 5.27. The van der Waals surface area contributed by atoms with Gasteiger partial charge in [0.05, 0.1) is 18.6 Å². The molecule has 3 rings (SSSR count). The molecule has 1 amide bonds. The van der Waals surface area contributed by atoms with Crippen molar-refractivity contribution in [3.05, 3.63) is 23.8 Å². The number of carbonyl (C=O) groups is 1. The minimum Gasteiger partial charge on any atom is -0.493 e. The summed E-state index contributed by atoms with van der Waals surface area (Å²) >= 11 is 0. The first kappa shape index (κ1) is 21.8. The molecule has 27 heavy (non-hydrogen) atoms. The SMILES string of the molecule is COc1cc(CNC(=O)C2(CN)CCOCC2)ccc1OC1CCCC1.Cl. The van der Waals surface area contributed by atoms with Gasteiger partial charge in [-0.2, -0.15) is 0 Å². The van der Waals surface area contributed by atoms with Gasteiger partial charge in [0.25, 0.3) is 0 Å². The fourth-order valence-electron chi connectivity index (χ4n) is 3.76. The molecule has 0 atom stereocenters. The van der Waals surface area contributed by atoms with E-state index in [1.165, 1.54) is 12.8 Å². The lowest BCUT2D eigenvalue weighted by Crippen LogP contribution is -2.48. The van der Waals surface area contributed by atoms with Gasteiger partial charge in [-0.3, -0.25) is 4.79 Å². The van der Waals surface area contributed by atoms with Crippen LogP contribution in [0.3, 0.4) is 0 Å². The highest BCUT2D eigenvalue weighted by Crippen LogP contribution is 2.33. The van der Waals surface area contributed by atoms with Gasteiger partial charge in [0.2, 0.25) is 5.91 Å². The Kier molecular flexibility index (Phi) is 8.20. The average molecular weight is 399 g/mol. The second-order valence-electron chi connectivity index (χ2n) is 7.29. The quantitative estimate of drug-likeness (QED) is 0.737. The first-order chi connectivity index (χ1) is 12.7. The maximum Gasteiger partial charge on any atom is 0.227 e. The van der Waals surface area contributed by atoms with Gasteiger partial charge < -0.3 is 25.3 Å². The number of hydrogen-bond acceptors (Lipinski definition) is 5. The molecule has 0 unspecified atom stereocenters. The molecule has 7 heteroatoms. The summed E-state index contributed by atoms with van der Waals surface area (Å²) < 4.78 is 16.9. The Labute approximate surface area is 167 Å². The summed E-state index contributed by atoms with van der Waals surface area (Å²) in [6.07, 6.45) is 6.29. The third-order valence-electron chi connectivity index (χ3n) is 5.60. The molecule has 3 N–H and O–H groups in total. The first-order valence-corrected chi connectivity index (χ1v) is 9.56. The van der Waals surface area contributed by atoms with Crippen LogP contribution >= 0.6 is 12.4 Å². The van der Waals surface area contributed by atoms with Crippen LogP contribution in [-0.2, 0) is 16.1 Å². The van der Waals surface area contributed by atoms with Crippen LogP contribution in [0.5, 0.6) is 11.5 Å². The Bertz CT molecular complexity index is 614. The minimum atomic E-state index is -0.506. The molecular weight excluding hydrogens is 368 g/mol. The van der Waals surface area contributed by atoms with E-state index in [0.29, 0.717) is 44.9 Å². The number of amides is 1. The van der Waals surface area contributed by atoms with Crippen molar-refractivity contribution in [2.75, 3.05) is 26.9 Å². The molecular formula is C20H31ClN2O4. The zero-order valence-electron chi connectivity index (χ0n) is 16.0. The summed E-state index contributed by atoms with van der Waals surface area (Å²) in [7, 11) is 1.64. The molecule has 0 spiro atoms. The van der Waals surface area contributed by atoms with Gasteiger partial charge >= 0.3 is 0 Å². The van der Waals surface area contributed by atoms with E-state index in [4.69, 9.17) is 19.9 Å². The van der Waals surface area contributed by atoms with Crippen molar-refractivity contribution >= 4 is 18.3 Å². The molecule has 1 aliphatic heterocycles. The lowest BCUT2D eigenvalue weighted by atomic mass is 9.79. The Morgan fingerprint density at radius 2 is 1.96 bits per heavy atom. The van der Waals surface area contributed by atoms with E-state index in [0.717, 1.165) is 24.2 Å². The summed E-state index contributed by atoms with van der Waals surface area (Å²) in [5.74, 6) is 1.49. The highest BCUT2D eigenvalue weighted by atomic mass is 35.5. The number of ether oxygens (including phenoxy) is 3. The van der Waals surface area contributed by atoms with Crippen LogP contribution in [0, 0.1) is 5.41 Å². The van der Waals surface area contributed by atoms with Crippen molar-refractivity contribution in [3.8, 4) is 11.5 Å². The lowest BCUT2D eigenvalue weighted by Gasteiger charge is -2.34. The van der Waals surface area contributed by atoms with Gasteiger partial charge in [0, 0.05) is 26.3 Å². The molecule has 6 nitrogen and oxygen atoms in total. The summed E-state index contributed by atoms with van der Waals surface area (Å²) in [6, 6.07) is 5.85. The van der Waals surface area contributed by atoms with Gasteiger partial charge in [-0.25, -0.2) is 0 Å². The number of carbonyl (C=O) groups excluding carboxylic acids is 1. The van der Waals surface area contributed by atoms with Crippen molar-refractivity contribution < 1.29 is 19.0 Å². The fourth-order valence-corrected chi connectivity index (χ4v) is 3.76. The number of halogens is 1. The normalized spacial score (nSPS) is 19.2. The molecule has 1 aliphatic carbocycles. The van der Waals surface area contributed by atoms with Crippen LogP contribution in [0.15, 0.2) is 18.2 Å². The van der Waals surface area contributed by atoms with Gasteiger partial charge in [0.15, 0.2) is 11.5 Å². The van der Waals surface area contributed by atoms with Crippen LogP contribution in [0.1, 0.15) is 44.1 Å². The Balaban J connectivity index is 0.00000261. The highest BCUT2D eigenvalue weighted by molar-refractivity contribution is 5.85. The van der Waals surface area contributed by atoms with Gasteiger partial charge in [0.1, 0.15) is 0 Å². The van der Waals surface area contributed by atoms with Crippen molar-refractivity contribution in [2.45, 2.75) is 51.2 Å². The second-order valence-corrected chi connectivity index (χ2v) is 7.29. The topological polar surface area (TPSA) is 82.8 Å². The number of methoxy groups -OCH3 is 1. The minimum absolute atomic E-state index is 0. The van der Waals surface area contributed by atoms with Gasteiger partial charge in [-0.1, -0.05) is 6.07 Å². The van der Waals surface area contributed by atoms with E-state index in [2.05, 4.69) is 5.32 Å². The Hall–Kier alpha value is -1.50. The lowest BCUT2D eigenvalue weighted by molar-refractivity contribution is -0.136. The van der Waals surface area contributed by atoms with Crippen molar-refractivity contribution in [1.82, 2.24) is 5.32 Å². The van der Waals surface area contributed by atoms with E-state index >= 15 is 0 Å². The zero-order chi connectivity index (χ0) is 18.4. The molecule has 152 valence electrons. The molecule has 2 aliphatic rings. The van der Waals surface area contributed by atoms with Crippen LogP contribution in [0.25, 0.3) is 0 Å². The predicted molar refractivity (Wildman–Crippen MR) is 107 cm³/mol. The molecule has 0 radical (unpaired) electrons. The van der Waals surface area contributed by atoms with Crippen molar-refractivity contribution in [3.63, 3.8) is 0 Å². The smallest absolute Gasteiger partial charge is 0.227 e. The molecule has 1 saturated heterocycles. The predicted octanol–water partition coefficient (Wildman–Crippen LogP) is 2.81. The second kappa shape index (κ2) is 10.2. The fraction of sp³-hybridized carbons (Fsp3) is 0.650. The first-order valence-electron chi connectivity index (χ1n) is 9.56. The number of nitrogens with one attached hydrogen (secondary N) is 1. The summed E-state index contributed by atoms with van der Waals surface area (Å²) in [5.41, 5.74) is 6.37. The molecule has 2 fully saturated rings. The highest BCUT2D eigenvalue weighted by Gasteiger charge is 2.38. The molecule has 1 saturated carbocycles. The average Bonchev–Trinajstić information content (AvgIpc) is 3.20. The van der Waals surface area contributed by atoms with Gasteiger partial charge in [-0.15, -0.1) is 12.4 Å². The number of nitrogens with two attached hydrogens (primary N) is 1. The summed E-state index contributed by atoms with van der Waals surface area (Å²) in [6.45, 7) is 1.97. The molecule has 1 heterocycles. The standard InChI is InChI=1S/C20H30N2O4.ClH/c1-24-18-12-15(6-7-17(18)26-16-4-2-3-5-16)13-22-19(23)20(14-21)8-10-25-11-9-20;/h6-7,12,16H,2-5,8-11,13-14,21H2,1H3,(H,22,23);1H. The van der Waals surface area contributed by atoms with E-state index in [1.54, 1.807) is 7.11 Å². The van der Waals surface area contributed by atoms with E-state index in [9.17, 15) is 4.79 Å². The van der Waals surface area contributed by atoms with Crippen LogP contribution in [0.2, 0.25) is 0 Å². The van der Waals surface area contributed by atoms with E-state index < -0.39 is 5.41 Å². The molecule has 0 bridgehead atoms. The van der Waals surface area contributed by atoms with Crippen LogP contribution in [0.4, 0.5) is 0 Å². The largest absolute Gasteiger partial charge is 0.493 e. The molecule has 0 aromatic heterocycles. The zero-order valence-corrected chi connectivity index (χ0v) is 16.8. The third-order valence-corrected chi connectivity index (χ3v) is 5.60. The maximum atomic E-state index is 12.7. The van der Waals surface area contributed by atoms with Crippen molar-refractivity contribution in [1.29, 1.82) is 0 Å².